The zero-order chi connectivity index (χ0) is 13.9. The fraction of sp³-hybridized carbons (Fsp3) is 0.647. The molecule has 1 aliphatic heterocycles. The molecule has 1 aromatic carbocycles. The van der Waals surface area contributed by atoms with Gasteiger partial charge in [-0.3, -0.25) is 4.90 Å². The molecule has 3 unspecified atom stereocenters. The van der Waals surface area contributed by atoms with E-state index < -0.39 is 0 Å². The minimum Gasteiger partial charge on any atom is -0.393 e. The fourth-order valence-electron chi connectivity index (χ4n) is 3.99. The number of benzene rings is 1. The molecular weight excluding hydrogens is 253 g/mol. The lowest BCUT2D eigenvalue weighted by molar-refractivity contribution is 0.0201. The van der Waals surface area contributed by atoms with Crippen molar-refractivity contribution in [2.24, 2.45) is 5.92 Å². The second-order valence-electron chi connectivity index (χ2n) is 6.33. The second-order valence-corrected chi connectivity index (χ2v) is 6.33. The number of halogens is 1. The molecule has 0 aromatic heterocycles. The van der Waals surface area contributed by atoms with E-state index >= 15 is 0 Å². The Kier molecular flexibility index (Phi) is 4.37. The standard InChI is InChI=1S/C17H24FNO/c18-14-6-3-5-13(11-14)12-19-10-4-8-16(19)15-7-1-2-9-17(15)20/h3,5-6,11,15-17,20H,1-2,4,7-10,12H2. The van der Waals surface area contributed by atoms with Crippen LogP contribution in [-0.4, -0.2) is 28.7 Å². The highest BCUT2D eigenvalue weighted by Crippen LogP contribution is 2.35. The van der Waals surface area contributed by atoms with Crippen molar-refractivity contribution in [1.82, 2.24) is 4.90 Å². The highest BCUT2D eigenvalue weighted by atomic mass is 19.1. The Balaban J connectivity index is 1.69. The molecule has 3 rings (SSSR count). The molecule has 1 saturated carbocycles. The van der Waals surface area contributed by atoms with Crippen molar-refractivity contribution in [3.8, 4) is 0 Å². The van der Waals surface area contributed by atoms with Crippen molar-refractivity contribution in [2.75, 3.05) is 6.54 Å². The van der Waals surface area contributed by atoms with E-state index in [4.69, 9.17) is 0 Å². The topological polar surface area (TPSA) is 23.5 Å². The van der Waals surface area contributed by atoms with Crippen molar-refractivity contribution in [1.29, 1.82) is 0 Å². The van der Waals surface area contributed by atoms with Crippen molar-refractivity contribution >= 4 is 0 Å². The van der Waals surface area contributed by atoms with Crippen molar-refractivity contribution < 1.29 is 9.50 Å². The number of likely N-dealkylation sites (tertiary alicyclic amines) is 1. The average molecular weight is 277 g/mol. The summed E-state index contributed by atoms with van der Waals surface area (Å²) < 4.78 is 13.3. The van der Waals surface area contributed by atoms with Crippen LogP contribution in [0.1, 0.15) is 44.1 Å². The summed E-state index contributed by atoms with van der Waals surface area (Å²) >= 11 is 0. The van der Waals surface area contributed by atoms with E-state index in [2.05, 4.69) is 4.90 Å². The molecule has 2 nitrogen and oxygen atoms in total. The first-order valence-corrected chi connectivity index (χ1v) is 7.90. The maximum Gasteiger partial charge on any atom is 0.123 e. The summed E-state index contributed by atoms with van der Waals surface area (Å²) in [4.78, 5) is 2.45. The molecule has 0 amide bonds. The smallest absolute Gasteiger partial charge is 0.123 e. The predicted octanol–water partition coefficient (Wildman–Crippen LogP) is 3.34. The molecule has 1 N–H and O–H groups in total. The SMILES string of the molecule is OC1CCCCC1C1CCCN1Cc1cccc(F)c1. The third-order valence-electron chi connectivity index (χ3n) is 4.96. The van der Waals surface area contributed by atoms with Gasteiger partial charge in [-0.05, 0) is 49.9 Å². The highest BCUT2D eigenvalue weighted by Gasteiger charge is 2.36. The van der Waals surface area contributed by atoms with E-state index in [0.29, 0.717) is 12.0 Å². The van der Waals surface area contributed by atoms with Gasteiger partial charge in [0, 0.05) is 18.5 Å². The van der Waals surface area contributed by atoms with E-state index in [1.165, 1.54) is 25.3 Å². The zero-order valence-corrected chi connectivity index (χ0v) is 12.0. The zero-order valence-electron chi connectivity index (χ0n) is 12.0. The van der Waals surface area contributed by atoms with Crippen molar-refractivity contribution in [2.45, 2.75) is 57.2 Å². The molecule has 2 aliphatic rings. The Hall–Kier alpha value is -0.930. The van der Waals surface area contributed by atoms with Crippen LogP contribution in [0.2, 0.25) is 0 Å². The molecule has 1 aromatic rings. The monoisotopic (exact) mass is 277 g/mol. The van der Waals surface area contributed by atoms with Gasteiger partial charge in [-0.25, -0.2) is 4.39 Å². The van der Waals surface area contributed by atoms with Crippen LogP contribution in [0.5, 0.6) is 0 Å². The third kappa shape index (κ3) is 3.04. The van der Waals surface area contributed by atoms with Crippen LogP contribution in [0, 0.1) is 11.7 Å². The number of aliphatic hydroxyl groups excluding tert-OH is 1. The summed E-state index contributed by atoms with van der Waals surface area (Å²) in [6, 6.07) is 7.39. The van der Waals surface area contributed by atoms with E-state index in [9.17, 15) is 9.50 Å². The van der Waals surface area contributed by atoms with E-state index in [1.807, 2.05) is 6.07 Å². The molecule has 3 heteroatoms. The Morgan fingerprint density at radius 1 is 1.15 bits per heavy atom. The lowest BCUT2D eigenvalue weighted by Crippen LogP contribution is -2.42. The molecule has 20 heavy (non-hydrogen) atoms. The summed E-state index contributed by atoms with van der Waals surface area (Å²) in [7, 11) is 0. The number of hydrogen-bond donors (Lipinski definition) is 1. The number of hydrogen-bond acceptors (Lipinski definition) is 2. The van der Waals surface area contributed by atoms with Crippen LogP contribution >= 0.6 is 0 Å². The minimum atomic E-state index is -0.157. The van der Waals surface area contributed by atoms with Crippen LogP contribution in [0.25, 0.3) is 0 Å². The van der Waals surface area contributed by atoms with Crippen LogP contribution < -0.4 is 0 Å². The van der Waals surface area contributed by atoms with E-state index in [0.717, 1.165) is 37.9 Å². The molecular formula is C17H24FNO. The summed E-state index contributed by atoms with van der Waals surface area (Å²) in [5, 5.41) is 10.3. The largest absolute Gasteiger partial charge is 0.393 e. The molecule has 2 fully saturated rings. The van der Waals surface area contributed by atoms with Gasteiger partial charge in [0.05, 0.1) is 6.10 Å². The van der Waals surface area contributed by atoms with Gasteiger partial charge in [-0.1, -0.05) is 25.0 Å². The molecule has 0 bridgehead atoms. The lowest BCUT2D eigenvalue weighted by atomic mass is 9.80. The van der Waals surface area contributed by atoms with Crippen LogP contribution in [0.15, 0.2) is 24.3 Å². The van der Waals surface area contributed by atoms with Gasteiger partial charge in [-0.15, -0.1) is 0 Å². The molecule has 110 valence electrons. The summed E-state index contributed by atoms with van der Waals surface area (Å²) in [6.45, 7) is 1.88. The average Bonchev–Trinajstić information content (AvgIpc) is 2.87. The van der Waals surface area contributed by atoms with Crippen LogP contribution in [0.4, 0.5) is 4.39 Å². The molecule has 1 saturated heterocycles. The number of aliphatic hydroxyl groups is 1. The molecule has 0 spiro atoms. The Bertz CT molecular complexity index is 450. The van der Waals surface area contributed by atoms with Crippen LogP contribution in [0.3, 0.4) is 0 Å². The Morgan fingerprint density at radius 2 is 2.00 bits per heavy atom. The van der Waals surface area contributed by atoms with Crippen molar-refractivity contribution in [3.63, 3.8) is 0 Å². The first-order chi connectivity index (χ1) is 9.74. The fourth-order valence-corrected chi connectivity index (χ4v) is 3.99. The Morgan fingerprint density at radius 3 is 2.80 bits per heavy atom. The van der Waals surface area contributed by atoms with Crippen LogP contribution in [-0.2, 0) is 6.54 Å². The lowest BCUT2D eigenvalue weighted by Gasteiger charge is -2.37. The van der Waals surface area contributed by atoms with Gasteiger partial charge < -0.3 is 5.11 Å². The molecule has 0 radical (unpaired) electrons. The quantitative estimate of drug-likeness (QED) is 0.916. The number of rotatable bonds is 3. The minimum absolute atomic E-state index is 0.137. The van der Waals surface area contributed by atoms with Gasteiger partial charge in [0.15, 0.2) is 0 Å². The van der Waals surface area contributed by atoms with E-state index in [-0.39, 0.29) is 11.9 Å². The molecule has 3 atom stereocenters. The van der Waals surface area contributed by atoms with Gasteiger partial charge in [0.1, 0.15) is 5.82 Å². The van der Waals surface area contributed by atoms with Gasteiger partial charge in [0.25, 0.3) is 0 Å². The summed E-state index contributed by atoms with van der Waals surface area (Å²) in [6.07, 6.45) is 6.74. The maximum atomic E-state index is 13.3. The normalized spacial score (nSPS) is 31.6. The first-order valence-electron chi connectivity index (χ1n) is 7.90. The highest BCUT2D eigenvalue weighted by molar-refractivity contribution is 5.16. The summed E-state index contributed by atoms with van der Waals surface area (Å²) in [5.41, 5.74) is 1.04. The molecule has 1 aliphatic carbocycles. The van der Waals surface area contributed by atoms with Crippen molar-refractivity contribution in [3.05, 3.63) is 35.6 Å². The molecule has 1 heterocycles. The van der Waals surface area contributed by atoms with Gasteiger partial charge in [-0.2, -0.15) is 0 Å². The Labute approximate surface area is 120 Å². The third-order valence-corrected chi connectivity index (χ3v) is 4.96. The van der Waals surface area contributed by atoms with E-state index in [1.54, 1.807) is 12.1 Å². The summed E-state index contributed by atoms with van der Waals surface area (Å²) in [5.74, 6) is 0.260. The van der Waals surface area contributed by atoms with Gasteiger partial charge in [0.2, 0.25) is 0 Å². The first kappa shape index (κ1) is 14.0. The second kappa shape index (κ2) is 6.23. The predicted molar refractivity (Wildman–Crippen MR) is 77.8 cm³/mol. The number of nitrogens with zero attached hydrogens (tertiary/aromatic N) is 1. The van der Waals surface area contributed by atoms with Gasteiger partial charge >= 0.3 is 0 Å². The maximum absolute atomic E-state index is 13.3.